The van der Waals surface area contributed by atoms with Gasteiger partial charge in [0.1, 0.15) is 5.54 Å². The van der Waals surface area contributed by atoms with E-state index in [4.69, 9.17) is 4.74 Å². The Morgan fingerprint density at radius 2 is 2.00 bits per heavy atom. The Morgan fingerprint density at radius 3 is 2.50 bits per heavy atom. The van der Waals surface area contributed by atoms with Gasteiger partial charge < -0.3 is 4.74 Å². The molecule has 1 N–H and O–H groups in total. The van der Waals surface area contributed by atoms with E-state index in [1.807, 2.05) is 26.0 Å². The Morgan fingerprint density at radius 1 is 1.35 bits per heavy atom. The van der Waals surface area contributed by atoms with Crippen LogP contribution in [0, 0.1) is 0 Å². The molecule has 3 nitrogen and oxygen atoms in total. The molecule has 0 bridgehead atoms. The first-order valence-corrected chi connectivity index (χ1v) is 7.21. The van der Waals surface area contributed by atoms with Crippen molar-refractivity contribution in [2.24, 2.45) is 0 Å². The van der Waals surface area contributed by atoms with E-state index in [0.717, 1.165) is 18.4 Å². The van der Waals surface area contributed by atoms with Crippen LogP contribution in [-0.2, 0) is 21.5 Å². The molecule has 1 rings (SSSR count). The first-order chi connectivity index (χ1) is 9.58. The van der Waals surface area contributed by atoms with E-state index in [0.29, 0.717) is 13.2 Å². The zero-order chi connectivity index (χ0) is 15.0. The van der Waals surface area contributed by atoms with Crippen LogP contribution in [0.3, 0.4) is 0 Å². The molecular formula is C17H25NO2. The molecule has 1 atom stereocenters. The summed E-state index contributed by atoms with van der Waals surface area (Å²) in [5.74, 6) is -0.259. The molecule has 110 valence electrons. The standard InChI is InChI=1S/C17H25NO2/c1-5-8-14-9-11-15(12-10-14)17(4,18-13-6-2)16(19)20-7-3/h6,9-12,18H,2,5,7-8,13H2,1,3-4H3. The predicted molar refractivity (Wildman–Crippen MR) is 82.6 cm³/mol. The first kappa shape index (κ1) is 16.4. The summed E-state index contributed by atoms with van der Waals surface area (Å²) in [6, 6.07) is 8.15. The van der Waals surface area contributed by atoms with E-state index < -0.39 is 5.54 Å². The van der Waals surface area contributed by atoms with Crippen molar-refractivity contribution in [2.75, 3.05) is 13.2 Å². The van der Waals surface area contributed by atoms with Crippen LogP contribution in [-0.4, -0.2) is 19.1 Å². The maximum absolute atomic E-state index is 12.3. The second-order valence-electron chi connectivity index (χ2n) is 4.96. The first-order valence-electron chi connectivity index (χ1n) is 7.21. The molecule has 0 aliphatic carbocycles. The molecule has 0 heterocycles. The second-order valence-corrected chi connectivity index (χ2v) is 4.96. The lowest BCUT2D eigenvalue weighted by molar-refractivity contribution is -0.150. The number of rotatable bonds is 8. The van der Waals surface area contributed by atoms with Crippen molar-refractivity contribution in [3.05, 3.63) is 48.0 Å². The van der Waals surface area contributed by atoms with Crippen LogP contribution in [0.2, 0.25) is 0 Å². The van der Waals surface area contributed by atoms with E-state index in [1.54, 1.807) is 6.08 Å². The molecule has 0 spiro atoms. The Bertz CT molecular complexity index is 439. The Labute approximate surface area is 122 Å². The minimum atomic E-state index is -0.838. The van der Waals surface area contributed by atoms with Crippen molar-refractivity contribution in [3.8, 4) is 0 Å². The molecule has 1 aromatic rings. The fourth-order valence-electron chi connectivity index (χ4n) is 2.14. The van der Waals surface area contributed by atoms with Gasteiger partial charge in [-0.25, -0.2) is 4.79 Å². The molecule has 0 aromatic heterocycles. The van der Waals surface area contributed by atoms with E-state index in [9.17, 15) is 4.79 Å². The van der Waals surface area contributed by atoms with Crippen LogP contribution in [0.25, 0.3) is 0 Å². The highest BCUT2D eigenvalue weighted by Gasteiger charge is 2.35. The molecule has 1 aromatic carbocycles. The van der Waals surface area contributed by atoms with Crippen molar-refractivity contribution in [1.29, 1.82) is 0 Å². The summed E-state index contributed by atoms with van der Waals surface area (Å²) in [4.78, 5) is 12.3. The highest BCUT2D eigenvalue weighted by atomic mass is 16.5. The Hall–Kier alpha value is -1.61. The monoisotopic (exact) mass is 275 g/mol. The largest absolute Gasteiger partial charge is 0.464 e. The van der Waals surface area contributed by atoms with Gasteiger partial charge in [-0.1, -0.05) is 43.7 Å². The summed E-state index contributed by atoms with van der Waals surface area (Å²) in [5, 5.41) is 3.21. The van der Waals surface area contributed by atoms with Crippen LogP contribution in [0.4, 0.5) is 0 Å². The molecule has 0 amide bonds. The highest BCUT2D eigenvalue weighted by molar-refractivity contribution is 5.82. The summed E-state index contributed by atoms with van der Waals surface area (Å²) in [5.41, 5.74) is 1.36. The third-order valence-electron chi connectivity index (χ3n) is 3.35. The van der Waals surface area contributed by atoms with Crippen LogP contribution in [0.15, 0.2) is 36.9 Å². The Balaban J connectivity index is 3.02. The van der Waals surface area contributed by atoms with Gasteiger partial charge in [0.05, 0.1) is 6.61 Å². The lowest BCUT2D eigenvalue weighted by Crippen LogP contribution is -2.47. The van der Waals surface area contributed by atoms with Gasteiger partial charge >= 0.3 is 5.97 Å². The molecule has 0 aliphatic rings. The summed E-state index contributed by atoms with van der Waals surface area (Å²) in [7, 11) is 0. The normalized spacial score (nSPS) is 13.6. The second kappa shape index (κ2) is 7.85. The third-order valence-corrected chi connectivity index (χ3v) is 3.35. The molecular weight excluding hydrogens is 250 g/mol. The number of nitrogens with one attached hydrogen (secondary N) is 1. The van der Waals surface area contributed by atoms with Crippen molar-refractivity contribution >= 4 is 5.97 Å². The lowest BCUT2D eigenvalue weighted by Gasteiger charge is -2.28. The highest BCUT2D eigenvalue weighted by Crippen LogP contribution is 2.23. The molecule has 0 radical (unpaired) electrons. The molecule has 20 heavy (non-hydrogen) atoms. The van der Waals surface area contributed by atoms with E-state index in [-0.39, 0.29) is 5.97 Å². The number of carbonyl (C=O) groups is 1. The fraction of sp³-hybridized carbons (Fsp3) is 0.471. The minimum Gasteiger partial charge on any atom is -0.464 e. The molecule has 0 saturated carbocycles. The summed E-state index contributed by atoms with van der Waals surface area (Å²) in [6.45, 7) is 10.4. The summed E-state index contributed by atoms with van der Waals surface area (Å²) >= 11 is 0. The van der Waals surface area contributed by atoms with Crippen LogP contribution in [0.5, 0.6) is 0 Å². The van der Waals surface area contributed by atoms with Gasteiger partial charge in [-0.15, -0.1) is 6.58 Å². The smallest absolute Gasteiger partial charge is 0.330 e. The zero-order valence-corrected chi connectivity index (χ0v) is 12.7. The van der Waals surface area contributed by atoms with Crippen LogP contribution in [0.1, 0.15) is 38.3 Å². The van der Waals surface area contributed by atoms with Crippen molar-refractivity contribution in [1.82, 2.24) is 5.32 Å². The molecule has 0 fully saturated rings. The van der Waals surface area contributed by atoms with Gasteiger partial charge in [0.25, 0.3) is 0 Å². The predicted octanol–water partition coefficient (Wildman–Crippen LogP) is 3.19. The van der Waals surface area contributed by atoms with E-state index >= 15 is 0 Å². The van der Waals surface area contributed by atoms with Crippen LogP contribution >= 0.6 is 0 Å². The third kappa shape index (κ3) is 3.94. The van der Waals surface area contributed by atoms with Gasteiger partial charge in [0.2, 0.25) is 0 Å². The average Bonchev–Trinajstić information content (AvgIpc) is 2.46. The number of hydrogen-bond acceptors (Lipinski definition) is 3. The van der Waals surface area contributed by atoms with Gasteiger partial charge in [-0.2, -0.15) is 0 Å². The number of hydrogen-bond donors (Lipinski definition) is 1. The van der Waals surface area contributed by atoms with Crippen molar-refractivity contribution in [3.63, 3.8) is 0 Å². The van der Waals surface area contributed by atoms with Gasteiger partial charge in [0.15, 0.2) is 0 Å². The number of benzene rings is 1. The van der Waals surface area contributed by atoms with Gasteiger partial charge in [0, 0.05) is 6.54 Å². The maximum atomic E-state index is 12.3. The number of carbonyl (C=O) groups excluding carboxylic acids is 1. The average molecular weight is 275 g/mol. The maximum Gasteiger partial charge on any atom is 0.330 e. The van der Waals surface area contributed by atoms with Crippen LogP contribution < -0.4 is 5.32 Å². The van der Waals surface area contributed by atoms with E-state index in [1.165, 1.54) is 5.56 Å². The van der Waals surface area contributed by atoms with Gasteiger partial charge in [-0.3, -0.25) is 5.32 Å². The Kier molecular flexibility index (Phi) is 6.46. The van der Waals surface area contributed by atoms with E-state index in [2.05, 4.69) is 31.0 Å². The molecule has 1 unspecified atom stereocenters. The molecule has 0 aliphatic heterocycles. The lowest BCUT2D eigenvalue weighted by atomic mass is 9.90. The number of aryl methyl sites for hydroxylation is 1. The van der Waals surface area contributed by atoms with Gasteiger partial charge in [-0.05, 0) is 31.4 Å². The SMILES string of the molecule is C=CCNC(C)(C(=O)OCC)c1ccc(CCC)cc1. The summed E-state index contributed by atoms with van der Waals surface area (Å²) < 4.78 is 5.20. The number of esters is 1. The zero-order valence-electron chi connectivity index (χ0n) is 12.7. The van der Waals surface area contributed by atoms with Crippen molar-refractivity contribution in [2.45, 2.75) is 39.2 Å². The quantitative estimate of drug-likeness (QED) is 0.585. The van der Waals surface area contributed by atoms with Crippen molar-refractivity contribution < 1.29 is 9.53 Å². The fourth-order valence-corrected chi connectivity index (χ4v) is 2.14. The molecule has 0 saturated heterocycles. The topological polar surface area (TPSA) is 38.3 Å². The summed E-state index contributed by atoms with van der Waals surface area (Å²) in [6.07, 6.45) is 3.91. The molecule has 3 heteroatoms. The number of ether oxygens (including phenoxy) is 1. The minimum absolute atomic E-state index is 0.259.